The maximum absolute atomic E-state index is 12.8. The minimum absolute atomic E-state index is 0.184. The number of nitrogens with zero attached hydrogens (tertiary/aromatic N) is 4. The summed E-state index contributed by atoms with van der Waals surface area (Å²) in [7, 11) is 0. The van der Waals surface area contributed by atoms with E-state index in [0.717, 1.165) is 31.6 Å². The quantitative estimate of drug-likeness (QED) is 0.671. The van der Waals surface area contributed by atoms with E-state index >= 15 is 0 Å². The molecule has 1 fully saturated rings. The van der Waals surface area contributed by atoms with E-state index in [1.54, 1.807) is 17.8 Å². The number of amides is 1. The molecule has 3 aromatic rings. The number of nitrogens with one attached hydrogen (secondary N) is 2. The van der Waals surface area contributed by atoms with Crippen molar-refractivity contribution < 1.29 is 9.69 Å². The lowest BCUT2D eigenvalue weighted by Gasteiger charge is -2.14. The minimum atomic E-state index is -0.369. The van der Waals surface area contributed by atoms with Gasteiger partial charge in [0.1, 0.15) is 12.2 Å². The van der Waals surface area contributed by atoms with Crippen LogP contribution in [0.25, 0.3) is 16.9 Å². The molecule has 0 atom stereocenters. The Morgan fingerprint density at radius 3 is 2.69 bits per heavy atom. The molecular formula is C18H21N6O2+. The average molecular weight is 353 g/mol. The van der Waals surface area contributed by atoms with Gasteiger partial charge in [0.25, 0.3) is 5.91 Å². The summed E-state index contributed by atoms with van der Waals surface area (Å²) >= 11 is 0. The molecule has 8 heteroatoms. The predicted molar refractivity (Wildman–Crippen MR) is 97.0 cm³/mol. The molecule has 1 aromatic carbocycles. The summed E-state index contributed by atoms with van der Waals surface area (Å²) in [5, 5.41) is 0. The Labute approximate surface area is 150 Å². The number of carbonyl (C=O) groups is 1. The molecule has 26 heavy (non-hydrogen) atoms. The molecule has 0 saturated carbocycles. The lowest BCUT2D eigenvalue weighted by atomic mass is 10.3. The second-order valence-corrected chi connectivity index (χ2v) is 6.59. The van der Waals surface area contributed by atoms with Crippen LogP contribution in [0.4, 0.5) is 0 Å². The Bertz CT molecular complexity index is 1000. The number of imidazole rings is 1. The summed E-state index contributed by atoms with van der Waals surface area (Å²) in [4.78, 5) is 35.0. The van der Waals surface area contributed by atoms with E-state index in [0.29, 0.717) is 18.0 Å². The fraction of sp³-hybridized carbons (Fsp3) is 0.333. The standard InChI is InChI=1S/C18H20N6O2/c1-13-20-17-16(19-12-23(17)14-7-3-2-4-8-14)18(26)24(13)21-15(25)11-22-9-5-6-10-22/h2-4,7-8,12H,5-6,9-11H2,1H3,(H,21,25)/p+1. The van der Waals surface area contributed by atoms with E-state index in [1.165, 1.54) is 9.58 Å². The van der Waals surface area contributed by atoms with Crippen molar-refractivity contribution in [2.24, 2.45) is 0 Å². The van der Waals surface area contributed by atoms with Crippen molar-refractivity contribution in [1.82, 2.24) is 19.2 Å². The maximum Gasteiger partial charge on any atom is 0.300 e. The van der Waals surface area contributed by atoms with Gasteiger partial charge in [0.2, 0.25) is 0 Å². The number of likely N-dealkylation sites (tertiary alicyclic amines) is 1. The van der Waals surface area contributed by atoms with Gasteiger partial charge in [0, 0.05) is 18.5 Å². The molecule has 8 nitrogen and oxygen atoms in total. The number of aryl methyl sites for hydroxylation is 1. The number of quaternary nitrogens is 1. The Kier molecular flexibility index (Phi) is 4.26. The zero-order chi connectivity index (χ0) is 18.1. The Hall–Kier alpha value is -3.00. The highest BCUT2D eigenvalue weighted by Crippen LogP contribution is 2.13. The highest BCUT2D eigenvalue weighted by Gasteiger charge is 2.21. The zero-order valence-electron chi connectivity index (χ0n) is 14.6. The second-order valence-electron chi connectivity index (χ2n) is 6.59. The molecule has 4 rings (SSSR count). The molecule has 1 saturated heterocycles. The summed E-state index contributed by atoms with van der Waals surface area (Å²) in [6.45, 7) is 4.06. The van der Waals surface area contributed by atoms with Crippen molar-refractivity contribution in [2.45, 2.75) is 19.8 Å². The Morgan fingerprint density at radius 1 is 1.23 bits per heavy atom. The van der Waals surface area contributed by atoms with E-state index in [1.807, 2.05) is 30.3 Å². The third-order valence-electron chi connectivity index (χ3n) is 4.73. The second kappa shape index (κ2) is 6.72. The van der Waals surface area contributed by atoms with Crippen LogP contribution in [0.5, 0.6) is 0 Å². The van der Waals surface area contributed by atoms with E-state index < -0.39 is 0 Å². The lowest BCUT2D eigenvalue weighted by molar-refractivity contribution is -0.878. The monoisotopic (exact) mass is 353 g/mol. The molecule has 0 radical (unpaired) electrons. The van der Waals surface area contributed by atoms with Gasteiger partial charge in [-0.25, -0.2) is 14.6 Å². The molecule has 0 bridgehead atoms. The van der Waals surface area contributed by atoms with Crippen molar-refractivity contribution in [3.05, 3.63) is 52.8 Å². The van der Waals surface area contributed by atoms with Crippen molar-refractivity contribution in [3.8, 4) is 5.69 Å². The van der Waals surface area contributed by atoms with Crippen molar-refractivity contribution in [3.63, 3.8) is 0 Å². The third kappa shape index (κ3) is 2.99. The van der Waals surface area contributed by atoms with Gasteiger partial charge >= 0.3 is 5.56 Å². The van der Waals surface area contributed by atoms with Gasteiger partial charge in [-0.3, -0.25) is 19.6 Å². The SMILES string of the molecule is Cc1nc2c(ncn2-c2ccccc2)c(=O)n1NC(=O)C[NH+]1CCCC1. The first-order valence-electron chi connectivity index (χ1n) is 8.79. The first kappa shape index (κ1) is 16.5. The van der Waals surface area contributed by atoms with Crippen molar-refractivity contribution in [2.75, 3.05) is 25.1 Å². The zero-order valence-corrected chi connectivity index (χ0v) is 14.6. The van der Waals surface area contributed by atoms with Crippen LogP contribution >= 0.6 is 0 Å². The average Bonchev–Trinajstić information content (AvgIpc) is 3.29. The van der Waals surface area contributed by atoms with Gasteiger partial charge in [-0.05, 0) is 19.1 Å². The van der Waals surface area contributed by atoms with Gasteiger partial charge < -0.3 is 4.90 Å². The van der Waals surface area contributed by atoms with Crippen LogP contribution in [0.2, 0.25) is 0 Å². The lowest BCUT2D eigenvalue weighted by Crippen LogP contribution is -3.11. The largest absolute Gasteiger partial charge is 0.327 e. The molecule has 1 amide bonds. The Balaban J connectivity index is 1.67. The van der Waals surface area contributed by atoms with Gasteiger partial charge in [-0.15, -0.1) is 0 Å². The smallest absolute Gasteiger partial charge is 0.300 e. The normalized spacial score (nSPS) is 14.8. The molecule has 134 valence electrons. The fourth-order valence-electron chi connectivity index (χ4n) is 3.41. The molecule has 0 aliphatic carbocycles. The number of aromatic nitrogens is 4. The van der Waals surface area contributed by atoms with Crippen LogP contribution in [-0.2, 0) is 4.79 Å². The summed E-state index contributed by atoms with van der Waals surface area (Å²) in [6.07, 6.45) is 3.87. The maximum atomic E-state index is 12.8. The first-order chi connectivity index (χ1) is 12.6. The van der Waals surface area contributed by atoms with Crippen LogP contribution in [0.1, 0.15) is 18.7 Å². The molecule has 0 spiro atoms. The van der Waals surface area contributed by atoms with Gasteiger partial charge in [-0.2, -0.15) is 0 Å². The first-order valence-corrected chi connectivity index (χ1v) is 8.79. The minimum Gasteiger partial charge on any atom is -0.327 e. The summed E-state index contributed by atoms with van der Waals surface area (Å²) < 4.78 is 2.97. The number of rotatable bonds is 4. The Morgan fingerprint density at radius 2 is 1.96 bits per heavy atom. The number of hydrogen-bond acceptors (Lipinski definition) is 4. The number of para-hydroxylation sites is 1. The van der Waals surface area contributed by atoms with E-state index in [2.05, 4.69) is 15.4 Å². The van der Waals surface area contributed by atoms with Crippen LogP contribution in [0, 0.1) is 6.92 Å². The van der Waals surface area contributed by atoms with Crippen LogP contribution in [0.3, 0.4) is 0 Å². The third-order valence-corrected chi connectivity index (χ3v) is 4.73. The molecule has 3 heterocycles. The summed E-state index contributed by atoms with van der Waals surface area (Å²) in [5.41, 5.74) is 3.90. The highest BCUT2D eigenvalue weighted by molar-refractivity contribution is 5.85. The van der Waals surface area contributed by atoms with Crippen LogP contribution < -0.4 is 15.9 Å². The summed E-state index contributed by atoms with van der Waals surface area (Å²) in [6, 6.07) is 9.59. The molecule has 2 aromatic heterocycles. The van der Waals surface area contributed by atoms with Gasteiger partial charge in [0.15, 0.2) is 17.7 Å². The van der Waals surface area contributed by atoms with Crippen LogP contribution in [-0.4, -0.2) is 44.8 Å². The fourth-order valence-corrected chi connectivity index (χ4v) is 3.41. The summed E-state index contributed by atoms with van der Waals surface area (Å²) in [5.74, 6) is 0.237. The van der Waals surface area contributed by atoms with Gasteiger partial charge in [0.05, 0.1) is 13.1 Å². The number of hydrogen-bond donors (Lipinski definition) is 2. The van der Waals surface area contributed by atoms with E-state index in [-0.39, 0.29) is 17.0 Å². The van der Waals surface area contributed by atoms with Crippen molar-refractivity contribution in [1.29, 1.82) is 0 Å². The molecule has 0 unspecified atom stereocenters. The number of benzene rings is 1. The van der Waals surface area contributed by atoms with Crippen LogP contribution in [0.15, 0.2) is 41.5 Å². The van der Waals surface area contributed by atoms with Gasteiger partial charge in [-0.1, -0.05) is 18.2 Å². The number of carbonyl (C=O) groups excluding carboxylic acids is 1. The molecular weight excluding hydrogens is 332 g/mol. The highest BCUT2D eigenvalue weighted by atomic mass is 16.2. The predicted octanol–water partition coefficient (Wildman–Crippen LogP) is -0.361. The van der Waals surface area contributed by atoms with Crippen molar-refractivity contribution >= 4 is 17.1 Å². The van der Waals surface area contributed by atoms with E-state index in [4.69, 9.17) is 0 Å². The molecule has 2 N–H and O–H groups in total. The number of fused-ring (bicyclic) bond motifs is 1. The molecule has 1 aliphatic rings. The van der Waals surface area contributed by atoms with E-state index in [9.17, 15) is 9.59 Å². The molecule has 1 aliphatic heterocycles. The topological polar surface area (TPSA) is 86.2 Å².